The third-order valence-electron chi connectivity index (χ3n) is 5.36. The van der Waals surface area contributed by atoms with Crippen LogP contribution in [0.2, 0.25) is 12.1 Å². The van der Waals surface area contributed by atoms with Gasteiger partial charge in [-0.05, 0) is 29.8 Å². The number of rotatable bonds is 3. The third kappa shape index (κ3) is 2.78. The lowest BCUT2D eigenvalue weighted by Gasteiger charge is -2.39. The smallest absolute Gasteiger partial charge is 0.118 e. The number of phenols is 2. The summed E-state index contributed by atoms with van der Waals surface area (Å²) in [6, 6.07) is 15.6. The summed E-state index contributed by atoms with van der Waals surface area (Å²) in [4.78, 5) is 0. The molecular weight excluding hydrogens is 288 g/mol. The van der Waals surface area contributed by atoms with Crippen molar-refractivity contribution in [2.75, 3.05) is 0 Å². The predicted octanol–water partition coefficient (Wildman–Crippen LogP) is 3.62. The van der Waals surface area contributed by atoms with Crippen molar-refractivity contribution in [1.29, 1.82) is 0 Å². The Hall–Kier alpha value is -1.74. The molecule has 0 amide bonds. The van der Waals surface area contributed by atoms with Crippen molar-refractivity contribution < 1.29 is 10.2 Å². The topological polar surface area (TPSA) is 40.5 Å². The molecular formula is C19H24O2Si. The molecule has 0 bridgehead atoms. The monoisotopic (exact) mass is 312 g/mol. The van der Waals surface area contributed by atoms with E-state index in [-0.39, 0.29) is 0 Å². The minimum atomic E-state index is -1.87. The van der Waals surface area contributed by atoms with Gasteiger partial charge in [0.25, 0.3) is 0 Å². The third-order valence-corrected chi connectivity index (χ3v) is 10.6. The maximum absolute atomic E-state index is 9.62. The second-order valence-electron chi connectivity index (χ2n) is 6.63. The van der Waals surface area contributed by atoms with Crippen LogP contribution in [-0.4, -0.2) is 18.3 Å². The Morgan fingerprint density at radius 2 is 1.14 bits per heavy atom. The molecule has 0 aliphatic heterocycles. The van der Waals surface area contributed by atoms with Gasteiger partial charge in [0.1, 0.15) is 19.6 Å². The van der Waals surface area contributed by atoms with Crippen molar-refractivity contribution >= 4 is 18.4 Å². The Morgan fingerprint density at radius 1 is 0.727 bits per heavy atom. The lowest BCUT2D eigenvalue weighted by atomic mass is 10.0. The minimum absolute atomic E-state index is 0.328. The molecule has 0 saturated heterocycles. The van der Waals surface area contributed by atoms with E-state index < -0.39 is 8.07 Å². The van der Waals surface area contributed by atoms with Crippen LogP contribution in [0.1, 0.15) is 32.1 Å². The first-order valence-electron chi connectivity index (χ1n) is 8.20. The maximum atomic E-state index is 9.62. The summed E-state index contributed by atoms with van der Waals surface area (Å²) in [6.07, 6.45) is 6.59. The highest BCUT2D eigenvalue weighted by Gasteiger charge is 2.40. The summed E-state index contributed by atoms with van der Waals surface area (Å²) in [5.74, 6) is 0.656. The Bertz CT molecular complexity index is 567. The van der Waals surface area contributed by atoms with Gasteiger partial charge in [0.15, 0.2) is 0 Å². The Balaban J connectivity index is 2.08. The molecule has 2 aromatic carbocycles. The molecule has 0 spiro atoms. The quantitative estimate of drug-likeness (QED) is 0.850. The fraction of sp³-hybridized carbons (Fsp3) is 0.368. The van der Waals surface area contributed by atoms with Gasteiger partial charge in [-0.2, -0.15) is 0 Å². The summed E-state index contributed by atoms with van der Waals surface area (Å²) in [5.41, 5.74) is 0.732. The van der Waals surface area contributed by atoms with Gasteiger partial charge < -0.3 is 10.2 Å². The van der Waals surface area contributed by atoms with Crippen LogP contribution in [0, 0.1) is 0 Å². The van der Waals surface area contributed by atoms with Gasteiger partial charge in [0, 0.05) is 0 Å². The van der Waals surface area contributed by atoms with Crippen molar-refractivity contribution in [1.82, 2.24) is 0 Å². The fourth-order valence-electron chi connectivity index (χ4n) is 3.93. The molecule has 1 aliphatic rings. The number of hydrogen-bond acceptors (Lipinski definition) is 2. The highest BCUT2D eigenvalue weighted by molar-refractivity contribution is 7.02. The van der Waals surface area contributed by atoms with Crippen LogP contribution >= 0.6 is 0 Å². The summed E-state index contributed by atoms with van der Waals surface area (Å²) >= 11 is 0. The van der Waals surface area contributed by atoms with Crippen LogP contribution in [0.3, 0.4) is 0 Å². The highest BCUT2D eigenvalue weighted by atomic mass is 28.3. The first kappa shape index (κ1) is 15.2. The van der Waals surface area contributed by atoms with Crippen LogP contribution in [0.5, 0.6) is 11.5 Å². The number of phenolic OH excluding ortho intramolecular Hbond substituents is 2. The molecule has 0 unspecified atom stereocenters. The van der Waals surface area contributed by atoms with Crippen LogP contribution in [0.4, 0.5) is 0 Å². The molecule has 0 atom stereocenters. The molecule has 2 N–H and O–H groups in total. The van der Waals surface area contributed by atoms with E-state index in [1.54, 1.807) is 0 Å². The van der Waals surface area contributed by atoms with E-state index in [4.69, 9.17) is 0 Å². The Kier molecular flexibility index (Phi) is 4.25. The molecule has 0 aromatic heterocycles. The van der Waals surface area contributed by atoms with Gasteiger partial charge >= 0.3 is 0 Å². The van der Waals surface area contributed by atoms with Crippen molar-refractivity contribution in [3.05, 3.63) is 48.5 Å². The van der Waals surface area contributed by atoms with Crippen molar-refractivity contribution in [3.8, 4) is 11.5 Å². The van der Waals surface area contributed by atoms with E-state index in [1.165, 1.54) is 42.5 Å². The van der Waals surface area contributed by atoms with E-state index in [2.05, 4.69) is 30.8 Å². The second kappa shape index (κ2) is 6.17. The summed E-state index contributed by atoms with van der Waals surface area (Å²) < 4.78 is 0. The lowest BCUT2D eigenvalue weighted by Crippen LogP contribution is -2.59. The molecule has 0 radical (unpaired) electrons. The zero-order valence-corrected chi connectivity index (χ0v) is 14.1. The highest BCUT2D eigenvalue weighted by Crippen LogP contribution is 2.37. The van der Waals surface area contributed by atoms with E-state index >= 15 is 0 Å². The minimum Gasteiger partial charge on any atom is -0.508 e. The maximum Gasteiger partial charge on any atom is 0.118 e. The van der Waals surface area contributed by atoms with Gasteiger partial charge in [-0.3, -0.25) is 0 Å². The summed E-state index contributed by atoms with van der Waals surface area (Å²) in [7, 11) is -1.87. The molecule has 3 rings (SSSR count). The van der Waals surface area contributed by atoms with Gasteiger partial charge in [-0.25, -0.2) is 0 Å². The molecule has 2 nitrogen and oxygen atoms in total. The molecule has 2 aromatic rings. The molecule has 22 heavy (non-hydrogen) atoms. The van der Waals surface area contributed by atoms with E-state index in [9.17, 15) is 10.2 Å². The molecule has 1 saturated carbocycles. The van der Waals surface area contributed by atoms with Crippen LogP contribution in [0.25, 0.3) is 0 Å². The molecule has 0 heterocycles. The predicted molar refractivity (Wildman–Crippen MR) is 93.9 cm³/mol. The van der Waals surface area contributed by atoms with Crippen molar-refractivity contribution in [2.24, 2.45) is 0 Å². The zero-order valence-electron chi connectivity index (χ0n) is 13.1. The SMILES string of the molecule is C[Si](c1ccc(O)cc1)(c1ccc(O)cc1)C1CCCCC1. The van der Waals surface area contributed by atoms with E-state index in [0.717, 1.165) is 5.54 Å². The molecule has 3 heteroatoms. The standard InChI is InChI=1S/C19H24O2Si/c1-22(17-5-3-2-4-6-17,18-11-7-15(20)8-12-18)19-13-9-16(21)10-14-19/h7-14,17,20-21H,2-6H2,1H3. The van der Waals surface area contributed by atoms with E-state index in [1.807, 2.05) is 24.3 Å². The van der Waals surface area contributed by atoms with Gasteiger partial charge in [-0.1, -0.05) is 73.3 Å². The Morgan fingerprint density at radius 3 is 1.55 bits per heavy atom. The van der Waals surface area contributed by atoms with Crippen LogP contribution in [0.15, 0.2) is 48.5 Å². The number of aromatic hydroxyl groups is 2. The first-order chi connectivity index (χ1) is 10.6. The summed E-state index contributed by atoms with van der Waals surface area (Å²) in [5, 5.41) is 22.0. The molecule has 1 fully saturated rings. The molecule has 1 aliphatic carbocycles. The van der Waals surface area contributed by atoms with Crippen LogP contribution in [-0.2, 0) is 0 Å². The fourth-order valence-corrected chi connectivity index (χ4v) is 8.49. The van der Waals surface area contributed by atoms with Gasteiger partial charge in [0.05, 0.1) is 0 Å². The average molecular weight is 312 g/mol. The zero-order chi connectivity index (χ0) is 15.6. The Labute approximate surface area is 133 Å². The van der Waals surface area contributed by atoms with Crippen LogP contribution < -0.4 is 10.4 Å². The summed E-state index contributed by atoms with van der Waals surface area (Å²) in [6.45, 7) is 2.45. The van der Waals surface area contributed by atoms with Crippen molar-refractivity contribution in [3.63, 3.8) is 0 Å². The first-order valence-corrected chi connectivity index (χ1v) is 10.8. The number of benzene rings is 2. The number of hydrogen-bond donors (Lipinski definition) is 2. The second-order valence-corrected chi connectivity index (χ2v) is 11.0. The normalized spacial score (nSPS) is 16.6. The lowest BCUT2D eigenvalue weighted by molar-refractivity contribution is 0.475. The molecule has 116 valence electrons. The largest absolute Gasteiger partial charge is 0.508 e. The van der Waals surface area contributed by atoms with Gasteiger partial charge in [0.2, 0.25) is 0 Å². The van der Waals surface area contributed by atoms with Gasteiger partial charge in [-0.15, -0.1) is 0 Å². The van der Waals surface area contributed by atoms with Crippen molar-refractivity contribution in [2.45, 2.75) is 44.2 Å². The average Bonchev–Trinajstić information content (AvgIpc) is 2.56. The van der Waals surface area contributed by atoms with E-state index in [0.29, 0.717) is 11.5 Å².